The minimum absolute atomic E-state index is 0.0824. The predicted octanol–water partition coefficient (Wildman–Crippen LogP) is 3.47. The van der Waals surface area contributed by atoms with E-state index in [9.17, 15) is 9.59 Å². The van der Waals surface area contributed by atoms with Gasteiger partial charge in [0.05, 0.1) is 5.56 Å². The van der Waals surface area contributed by atoms with Gasteiger partial charge in [-0.2, -0.15) is 0 Å². The van der Waals surface area contributed by atoms with E-state index in [0.29, 0.717) is 16.3 Å². The Labute approximate surface area is 151 Å². The number of ether oxygens (including phenoxy) is 2. The quantitative estimate of drug-likeness (QED) is 0.767. The standard InChI is InChI=1S/C19H20ClNO4/c1-13(2)21-18(22)17(12-24-16-10-8-15(20)9-11-16)25-19(23)14-6-4-3-5-7-14/h3-11,13,17H,12H2,1-2H3,(H,21,22). The van der Waals surface area contributed by atoms with Crippen LogP contribution in [0, 0.1) is 0 Å². The monoisotopic (exact) mass is 361 g/mol. The molecule has 25 heavy (non-hydrogen) atoms. The van der Waals surface area contributed by atoms with E-state index < -0.39 is 18.0 Å². The van der Waals surface area contributed by atoms with E-state index in [4.69, 9.17) is 21.1 Å². The fourth-order valence-electron chi connectivity index (χ4n) is 2.01. The minimum Gasteiger partial charge on any atom is -0.489 e. The molecule has 1 amide bonds. The Balaban J connectivity index is 2.05. The fourth-order valence-corrected chi connectivity index (χ4v) is 2.14. The van der Waals surface area contributed by atoms with E-state index in [2.05, 4.69) is 5.32 Å². The van der Waals surface area contributed by atoms with Crippen molar-refractivity contribution in [3.63, 3.8) is 0 Å². The Morgan fingerprint density at radius 1 is 1.04 bits per heavy atom. The lowest BCUT2D eigenvalue weighted by Crippen LogP contribution is -2.44. The van der Waals surface area contributed by atoms with Gasteiger partial charge in [-0.15, -0.1) is 0 Å². The Kier molecular flexibility index (Phi) is 6.83. The number of benzene rings is 2. The number of carbonyl (C=O) groups is 2. The lowest BCUT2D eigenvalue weighted by molar-refractivity contribution is -0.132. The average molecular weight is 362 g/mol. The van der Waals surface area contributed by atoms with Crippen molar-refractivity contribution < 1.29 is 19.1 Å². The van der Waals surface area contributed by atoms with Crippen molar-refractivity contribution in [1.82, 2.24) is 5.32 Å². The first-order valence-corrected chi connectivity index (χ1v) is 8.28. The number of hydrogen-bond acceptors (Lipinski definition) is 4. The Morgan fingerprint density at radius 2 is 1.68 bits per heavy atom. The van der Waals surface area contributed by atoms with Crippen molar-refractivity contribution in [1.29, 1.82) is 0 Å². The number of carbonyl (C=O) groups excluding carboxylic acids is 2. The number of nitrogens with one attached hydrogen (secondary N) is 1. The van der Waals surface area contributed by atoms with Crippen molar-refractivity contribution in [2.45, 2.75) is 26.0 Å². The lowest BCUT2D eigenvalue weighted by Gasteiger charge is -2.19. The Hall–Kier alpha value is -2.53. The summed E-state index contributed by atoms with van der Waals surface area (Å²) in [5.74, 6) is -0.458. The van der Waals surface area contributed by atoms with Gasteiger partial charge in [-0.3, -0.25) is 4.79 Å². The topological polar surface area (TPSA) is 64.6 Å². The summed E-state index contributed by atoms with van der Waals surface area (Å²) in [6.45, 7) is 3.56. The molecule has 1 N–H and O–H groups in total. The van der Waals surface area contributed by atoms with E-state index in [1.165, 1.54) is 0 Å². The van der Waals surface area contributed by atoms with E-state index in [0.717, 1.165) is 0 Å². The molecule has 0 aliphatic rings. The Bertz CT molecular complexity index is 701. The van der Waals surface area contributed by atoms with Crippen molar-refractivity contribution >= 4 is 23.5 Å². The van der Waals surface area contributed by atoms with Gasteiger partial charge in [0, 0.05) is 11.1 Å². The van der Waals surface area contributed by atoms with Crippen LogP contribution in [0.5, 0.6) is 5.75 Å². The van der Waals surface area contributed by atoms with E-state index in [1.807, 2.05) is 13.8 Å². The highest BCUT2D eigenvalue weighted by atomic mass is 35.5. The molecule has 6 heteroatoms. The average Bonchev–Trinajstić information content (AvgIpc) is 2.60. The third-order valence-electron chi connectivity index (χ3n) is 3.20. The van der Waals surface area contributed by atoms with Gasteiger partial charge in [-0.25, -0.2) is 4.79 Å². The van der Waals surface area contributed by atoms with Crippen LogP contribution in [0.25, 0.3) is 0 Å². The Morgan fingerprint density at radius 3 is 2.28 bits per heavy atom. The third kappa shape index (κ3) is 6.12. The fraction of sp³-hybridized carbons (Fsp3) is 0.263. The molecule has 0 heterocycles. The van der Waals surface area contributed by atoms with Crippen molar-refractivity contribution in [2.24, 2.45) is 0 Å². The smallest absolute Gasteiger partial charge is 0.339 e. The molecule has 132 valence electrons. The number of esters is 1. The molecule has 2 aromatic rings. The number of rotatable bonds is 7. The van der Waals surface area contributed by atoms with E-state index in [-0.39, 0.29) is 12.6 Å². The molecule has 0 bridgehead atoms. The van der Waals surface area contributed by atoms with Crippen LogP contribution in [0.2, 0.25) is 5.02 Å². The molecule has 2 aromatic carbocycles. The van der Waals surface area contributed by atoms with Crippen LogP contribution in [-0.2, 0) is 9.53 Å². The highest BCUT2D eigenvalue weighted by molar-refractivity contribution is 6.30. The van der Waals surface area contributed by atoms with Gasteiger partial charge in [0.25, 0.3) is 5.91 Å². The van der Waals surface area contributed by atoms with Crippen LogP contribution >= 0.6 is 11.6 Å². The summed E-state index contributed by atoms with van der Waals surface area (Å²) in [6, 6.07) is 15.1. The van der Waals surface area contributed by atoms with Crippen LogP contribution in [0.4, 0.5) is 0 Å². The summed E-state index contributed by atoms with van der Waals surface area (Å²) >= 11 is 5.83. The first kappa shape index (κ1) is 18.8. The summed E-state index contributed by atoms with van der Waals surface area (Å²) in [5, 5.41) is 3.31. The summed E-state index contributed by atoms with van der Waals surface area (Å²) in [7, 11) is 0. The SMILES string of the molecule is CC(C)NC(=O)C(COc1ccc(Cl)cc1)OC(=O)c1ccccc1. The van der Waals surface area contributed by atoms with Crippen molar-refractivity contribution in [2.75, 3.05) is 6.61 Å². The molecule has 0 aliphatic carbocycles. The molecule has 1 unspecified atom stereocenters. The summed E-state index contributed by atoms with van der Waals surface area (Å²) in [4.78, 5) is 24.5. The molecule has 0 saturated carbocycles. The van der Waals surface area contributed by atoms with Crippen LogP contribution < -0.4 is 10.1 Å². The number of halogens is 1. The zero-order valence-corrected chi connectivity index (χ0v) is 14.8. The predicted molar refractivity (Wildman–Crippen MR) is 95.9 cm³/mol. The van der Waals surface area contributed by atoms with Crippen molar-refractivity contribution in [3.05, 3.63) is 65.2 Å². The first-order chi connectivity index (χ1) is 12.0. The molecule has 2 rings (SSSR count). The molecular formula is C19H20ClNO4. The lowest BCUT2D eigenvalue weighted by atomic mass is 10.2. The summed E-state index contributed by atoms with van der Waals surface area (Å²) in [6.07, 6.45) is -1.06. The summed E-state index contributed by atoms with van der Waals surface area (Å²) < 4.78 is 10.9. The molecule has 0 fully saturated rings. The molecule has 0 radical (unpaired) electrons. The van der Waals surface area contributed by atoms with Gasteiger partial charge < -0.3 is 14.8 Å². The molecule has 0 spiro atoms. The summed E-state index contributed by atoms with van der Waals surface area (Å²) in [5.41, 5.74) is 0.372. The largest absolute Gasteiger partial charge is 0.489 e. The second-order valence-electron chi connectivity index (χ2n) is 5.69. The minimum atomic E-state index is -1.06. The van der Waals surface area contributed by atoms with Gasteiger partial charge in [0.1, 0.15) is 12.4 Å². The highest BCUT2D eigenvalue weighted by Crippen LogP contribution is 2.16. The van der Waals surface area contributed by atoms with Gasteiger partial charge in [0.15, 0.2) is 0 Å². The van der Waals surface area contributed by atoms with Crippen LogP contribution in [0.3, 0.4) is 0 Å². The molecular weight excluding hydrogens is 342 g/mol. The maximum Gasteiger partial charge on any atom is 0.339 e. The zero-order valence-electron chi connectivity index (χ0n) is 14.1. The normalized spacial score (nSPS) is 11.7. The third-order valence-corrected chi connectivity index (χ3v) is 3.45. The van der Waals surface area contributed by atoms with Gasteiger partial charge in [-0.1, -0.05) is 29.8 Å². The number of amides is 1. The molecule has 0 aliphatic heterocycles. The molecule has 5 nitrogen and oxygen atoms in total. The maximum atomic E-state index is 12.3. The van der Waals surface area contributed by atoms with Crippen molar-refractivity contribution in [3.8, 4) is 5.75 Å². The molecule has 1 atom stereocenters. The highest BCUT2D eigenvalue weighted by Gasteiger charge is 2.25. The van der Waals surface area contributed by atoms with E-state index in [1.54, 1.807) is 54.6 Å². The second-order valence-corrected chi connectivity index (χ2v) is 6.12. The van der Waals surface area contributed by atoms with Crippen LogP contribution in [0.15, 0.2) is 54.6 Å². The molecule has 0 aromatic heterocycles. The first-order valence-electron chi connectivity index (χ1n) is 7.90. The van der Waals surface area contributed by atoms with Gasteiger partial charge in [-0.05, 0) is 50.2 Å². The maximum absolute atomic E-state index is 12.3. The number of hydrogen-bond donors (Lipinski definition) is 1. The zero-order chi connectivity index (χ0) is 18.2. The van der Waals surface area contributed by atoms with Gasteiger partial charge in [0.2, 0.25) is 6.10 Å². The van der Waals surface area contributed by atoms with Crippen LogP contribution in [0.1, 0.15) is 24.2 Å². The second kappa shape index (κ2) is 9.08. The molecule has 0 saturated heterocycles. The van der Waals surface area contributed by atoms with E-state index >= 15 is 0 Å². The van der Waals surface area contributed by atoms with Gasteiger partial charge >= 0.3 is 5.97 Å². The van der Waals surface area contributed by atoms with Crippen LogP contribution in [-0.4, -0.2) is 30.6 Å².